The van der Waals surface area contributed by atoms with Gasteiger partial charge in [-0.1, -0.05) is 24.3 Å². The van der Waals surface area contributed by atoms with Crippen molar-refractivity contribution in [2.24, 2.45) is 16.7 Å². The number of hydrogen-bond donors (Lipinski definition) is 3. The van der Waals surface area contributed by atoms with E-state index in [1.807, 2.05) is 12.1 Å². The van der Waals surface area contributed by atoms with Gasteiger partial charge in [-0.15, -0.1) is 0 Å². The number of ether oxygens (including phenoxy) is 2. The molecule has 3 saturated heterocycles. The van der Waals surface area contributed by atoms with Gasteiger partial charge in [-0.3, -0.25) is 19.8 Å². The highest BCUT2D eigenvalue weighted by atomic mass is 32.2. The van der Waals surface area contributed by atoms with Crippen LogP contribution in [0, 0.1) is 26.9 Å². The number of pyridine rings is 1. The second-order valence-corrected chi connectivity index (χ2v) is 21.2. The Kier molecular flexibility index (Phi) is 10.4. The first kappa shape index (κ1) is 41.2. The van der Waals surface area contributed by atoms with E-state index < -0.39 is 31.4 Å². The molecule has 11 rings (SSSR count). The smallest absolute Gasteiger partial charge is 0.293 e. The Hall–Kier alpha value is -5.51. The number of piperidine rings is 1. The van der Waals surface area contributed by atoms with Crippen LogP contribution in [0.1, 0.15) is 104 Å². The number of aromatic nitrogens is 2. The first-order valence-electron chi connectivity index (χ1n) is 23.0. The number of anilines is 2. The number of sulfonamides is 1. The summed E-state index contributed by atoms with van der Waals surface area (Å²) in [5, 5.41) is 16.0. The first-order valence-corrected chi connectivity index (χ1v) is 24.5. The van der Waals surface area contributed by atoms with Crippen LogP contribution < -0.4 is 19.7 Å². The van der Waals surface area contributed by atoms with E-state index in [0.717, 1.165) is 61.8 Å². The van der Waals surface area contributed by atoms with Crippen LogP contribution >= 0.6 is 0 Å². The number of nitro groups is 1. The highest BCUT2D eigenvalue weighted by Crippen LogP contribution is 2.63. The van der Waals surface area contributed by atoms with E-state index in [1.165, 1.54) is 63.6 Å². The Morgan fingerprint density at radius 1 is 0.922 bits per heavy atom. The molecule has 6 fully saturated rings. The number of nitrogens with zero attached hydrogens (tertiary/aromatic N) is 4. The fourth-order valence-electron chi connectivity index (χ4n) is 11.2. The Bertz CT molecular complexity index is 2710. The number of carbonyl (C=O) groups is 1. The van der Waals surface area contributed by atoms with Crippen molar-refractivity contribution in [1.82, 2.24) is 19.6 Å². The van der Waals surface area contributed by atoms with Crippen LogP contribution in [0.5, 0.6) is 11.5 Å². The van der Waals surface area contributed by atoms with Gasteiger partial charge in [-0.25, -0.2) is 18.1 Å². The highest BCUT2D eigenvalue weighted by molar-refractivity contribution is 7.90. The molecule has 3 aromatic carbocycles. The number of amides is 1. The van der Waals surface area contributed by atoms with Gasteiger partial charge in [0.1, 0.15) is 22.8 Å². The predicted molar refractivity (Wildman–Crippen MR) is 243 cm³/mol. The summed E-state index contributed by atoms with van der Waals surface area (Å²) in [6, 6.07) is 23.0. The van der Waals surface area contributed by atoms with Crippen LogP contribution in [-0.4, -0.2) is 79.6 Å². The lowest BCUT2D eigenvalue weighted by Crippen LogP contribution is -2.55. The minimum atomic E-state index is -4.54. The summed E-state index contributed by atoms with van der Waals surface area (Å²) in [7, 11) is -4.54. The van der Waals surface area contributed by atoms with Crippen LogP contribution in [0.4, 0.5) is 17.1 Å². The minimum Gasteiger partial charge on any atom is -0.455 e. The molecule has 3 saturated carbocycles. The molecule has 2 aromatic heterocycles. The van der Waals surface area contributed by atoms with Crippen molar-refractivity contribution in [1.29, 1.82) is 0 Å². The normalized spacial score (nSPS) is 22.1. The Balaban J connectivity index is 0.795. The molecule has 0 bridgehead atoms. The lowest BCUT2D eigenvalue weighted by Gasteiger charge is -2.56. The zero-order valence-electron chi connectivity index (χ0n) is 36.0. The summed E-state index contributed by atoms with van der Waals surface area (Å²) in [4.78, 5) is 37.8. The van der Waals surface area contributed by atoms with Gasteiger partial charge in [0, 0.05) is 80.9 Å². The van der Waals surface area contributed by atoms with E-state index in [0.29, 0.717) is 54.1 Å². The van der Waals surface area contributed by atoms with Gasteiger partial charge in [0.05, 0.1) is 21.6 Å². The molecule has 14 nitrogen and oxygen atoms in total. The summed E-state index contributed by atoms with van der Waals surface area (Å²) in [6.07, 6.45) is 16.3. The van der Waals surface area contributed by atoms with Crippen LogP contribution in [0.25, 0.3) is 11.0 Å². The Labute approximate surface area is 373 Å². The third-order valence-electron chi connectivity index (χ3n) is 15.3. The molecule has 3 N–H and O–H groups in total. The van der Waals surface area contributed by atoms with Gasteiger partial charge in [0.15, 0.2) is 0 Å². The fourth-order valence-corrected chi connectivity index (χ4v) is 12.2. The van der Waals surface area contributed by atoms with E-state index in [1.54, 1.807) is 41.7 Å². The zero-order chi connectivity index (χ0) is 43.6. The van der Waals surface area contributed by atoms with Gasteiger partial charge < -0.3 is 24.7 Å². The molecule has 1 unspecified atom stereocenters. The van der Waals surface area contributed by atoms with Crippen molar-refractivity contribution < 1.29 is 27.6 Å². The van der Waals surface area contributed by atoms with E-state index >= 15 is 0 Å². The zero-order valence-corrected chi connectivity index (χ0v) is 36.8. The molecule has 3 aliphatic carbocycles. The summed E-state index contributed by atoms with van der Waals surface area (Å²) in [5.41, 5.74) is 5.40. The maximum Gasteiger partial charge on any atom is 0.293 e. The van der Waals surface area contributed by atoms with Crippen LogP contribution in [0.2, 0.25) is 0 Å². The van der Waals surface area contributed by atoms with Crippen molar-refractivity contribution >= 4 is 44.0 Å². The van der Waals surface area contributed by atoms with Crippen molar-refractivity contribution in [3.8, 4) is 11.5 Å². The number of nitro benzene ring substituents is 1. The molecule has 64 heavy (non-hydrogen) atoms. The molecule has 15 heteroatoms. The van der Waals surface area contributed by atoms with E-state index in [2.05, 4.69) is 54.1 Å². The van der Waals surface area contributed by atoms with Crippen molar-refractivity contribution in [3.63, 3.8) is 0 Å². The fraction of sp³-hybridized carbons (Fsp3) is 0.469. The average molecular weight is 886 g/mol. The largest absolute Gasteiger partial charge is 0.455 e. The number of carbonyl (C=O) groups excluding carboxylic acids is 1. The second-order valence-electron chi connectivity index (χ2n) is 19.5. The minimum absolute atomic E-state index is 0.00193. The van der Waals surface area contributed by atoms with E-state index in [-0.39, 0.29) is 22.9 Å². The number of H-pyrrole nitrogens is 1. The monoisotopic (exact) mass is 885 g/mol. The third kappa shape index (κ3) is 8.11. The second kappa shape index (κ2) is 16.2. The Morgan fingerprint density at radius 3 is 2.45 bits per heavy atom. The topological polar surface area (TPSA) is 172 Å². The summed E-state index contributed by atoms with van der Waals surface area (Å²) >= 11 is 0. The molecular weight excluding hydrogens is 831 g/mol. The summed E-state index contributed by atoms with van der Waals surface area (Å²) in [5.74, 6) is 0.659. The van der Waals surface area contributed by atoms with E-state index in [4.69, 9.17) is 9.47 Å². The SMILES string of the molecule is O=C(NS(=O)(=O)c1ccc(NCC2CCOCC2)c([N+](=O)[O-])c1)c1ccc(N2CCC3(CC2)CC(N2CC4(CC4)CC2c2ccccc2C2CC2)C3)cc1Oc1cnc2[nH]ccc2c1. The first-order chi connectivity index (χ1) is 31.0. The molecular formula is C49H55N7O7S. The van der Waals surface area contributed by atoms with Gasteiger partial charge in [0.25, 0.3) is 21.6 Å². The Morgan fingerprint density at radius 2 is 1.70 bits per heavy atom. The van der Waals surface area contributed by atoms with Gasteiger partial charge in [0.2, 0.25) is 0 Å². The van der Waals surface area contributed by atoms with Crippen molar-refractivity contribution in [3.05, 3.63) is 112 Å². The number of hydrogen-bond acceptors (Lipinski definition) is 11. The van der Waals surface area contributed by atoms with Gasteiger partial charge in [-0.2, -0.15) is 0 Å². The van der Waals surface area contributed by atoms with Crippen molar-refractivity contribution in [2.45, 2.75) is 93.5 Å². The molecule has 6 aliphatic rings. The molecule has 1 atom stereocenters. The molecule has 5 aromatic rings. The number of likely N-dealkylation sites (tertiary alicyclic amines) is 1. The number of aromatic amines is 1. The summed E-state index contributed by atoms with van der Waals surface area (Å²) < 4.78 is 41.4. The molecule has 1 amide bonds. The molecule has 0 radical (unpaired) electrons. The molecule has 334 valence electrons. The maximum atomic E-state index is 14.0. The lowest BCUT2D eigenvalue weighted by molar-refractivity contribution is -0.384. The number of benzene rings is 3. The highest BCUT2D eigenvalue weighted by Gasteiger charge is 2.58. The molecule has 3 aliphatic heterocycles. The number of nitrogens with one attached hydrogen (secondary N) is 3. The molecule has 2 spiro atoms. The lowest BCUT2D eigenvalue weighted by atomic mass is 9.59. The number of rotatable bonds is 13. The van der Waals surface area contributed by atoms with Crippen LogP contribution in [0.3, 0.4) is 0 Å². The maximum absolute atomic E-state index is 14.0. The van der Waals surface area contributed by atoms with Crippen molar-refractivity contribution in [2.75, 3.05) is 49.6 Å². The third-order valence-corrected chi connectivity index (χ3v) is 16.6. The summed E-state index contributed by atoms with van der Waals surface area (Å²) in [6.45, 7) is 4.72. The number of fused-ring (bicyclic) bond motifs is 1. The van der Waals surface area contributed by atoms with Gasteiger partial charge >= 0.3 is 0 Å². The van der Waals surface area contributed by atoms with Gasteiger partial charge in [-0.05, 0) is 141 Å². The average Bonchev–Trinajstić information content (AvgIpc) is 4.20. The quantitative estimate of drug-likeness (QED) is 0.0761. The van der Waals surface area contributed by atoms with E-state index in [9.17, 15) is 23.3 Å². The predicted octanol–water partition coefficient (Wildman–Crippen LogP) is 9.07. The van der Waals surface area contributed by atoms with Crippen LogP contribution in [-0.2, 0) is 14.8 Å². The van der Waals surface area contributed by atoms with Crippen LogP contribution in [0.15, 0.2) is 90.1 Å². The standard InChI is InChI=1S/C49H55N7O7S/c57-47(53-64(60,61)38-8-10-42(43(25-38)56(58)59)51-29-32-12-21-62-22-13-32)41-9-7-35(24-45(41)63-37-23-34-11-18-50-46(34)52-30-37)54-19-16-48(17-20-54)26-36(27-48)55-31-49(14-15-49)28-44(55)40-4-2-1-3-39(40)33-5-6-33/h1-4,7-11,18,23-25,30,32-33,36,44,51H,5-6,12-17,19-22,26-29,31H2,(H,50,52)(H,53,57). The molecule has 5 heterocycles.